The van der Waals surface area contributed by atoms with Crippen molar-refractivity contribution in [1.29, 1.82) is 0 Å². The second-order valence-corrected chi connectivity index (χ2v) is 8.90. The molecule has 0 aromatic heterocycles. The van der Waals surface area contributed by atoms with E-state index >= 15 is 0 Å². The highest BCUT2D eigenvalue weighted by Gasteiger charge is 2.66. The summed E-state index contributed by atoms with van der Waals surface area (Å²) < 4.78 is 0. The first-order valence-electron chi connectivity index (χ1n) is 9.65. The van der Waals surface area contributed by atoms with Crippen LogP contribution in [0.4, 0.5) is 0 Å². The normalized spacial score (nSPS) is 33.0. The van der Waals surface area contributed by atoms with Crippen molar-refractivity contribution in [2.45, 2.75) is 81.6 Å². The van der Waals surface area contributed by atoms with Crippen molar-refractivity contribution in [2.75, 3.05) is 0 Å². The van der Waals surface area contributed by atoms with Gasteiger partial charge < -0.3 is 10.3 Å². The van der Waals surface area contributed by atoms with Crippen molar-refractivity contribution in [1.82, 2.24) is 0 Å². The summed E-state index contributed by atoms with van der Waals surface area (Å²) in [7, 11) is 0. The Morgan fingerprint density at radius 1 is 1.17 bits per heavy atom. The molecule has 0 bridgehead atoms. The third-order valence-corrected chi connectivity index (χ3v) is 6.51. The lowest BCUT2D eigenvalue weighted by atomic mass is 9.70. The van der Waals surface area contributed by atoms with Gasteiger partial charge in [-0.15, -0.1) is 0 Å². The van der Waals surface area contributed by atoms with Crippen LogP contribution in [0.5, 0.6) is 0 Å². The zero-order valence-corrected chi connectivity index (χ0v) is 17.1. The summed E-state index contributed by atoms with van der Waals surface area (Å²) in [6.45, 7) is 20.1. The number of ketones is 1. The monoisotopic (exact) mass is 326 g/mol. The Morgan fingerprint density at radius 3 is 2.09 bits per heavy atom. The van der Waals surface area contributed by atoms with Crippen LogP contribution in [0.15, 0.2) is 0 Å². The van der Waals surface area contributed by atoms with Gasteiger partial charge >= 0.3 is 0 Å². The highest BCUT2D eigenvalue weighted by molar-refractivity contribution is 5.75. The molecule has 2 N–H and O–H groups in total. The highest BCUT2D eigenvalue weighted by Crippen LogP contribution is 2.72. The van der Waals surface area contributed by atoms with E-state index in [2.05, 4.69) is 41.5 Å². The van der Waals surface area contributed by atoms with Crippen LogP contribution < -0.4 is 0 Å². The number of fused-ring (bicyclic) bond motifs is 1. The van der Waals surface area contributed by atoms with Crippen molar-refractivity contribution in [3.05, 3.63) is 0 Å². The van der Waals surface area contributed by atoms with Crippen LogP contribution in [0, 0.1) is 46.8 Å². The van der Waals surface area contributed by atoms with Gasteiger partial charge in [0, 0.05) is 6.42 Å². The van der Waals surface area contributed by atoms with Crippen LogP contribution in [-0.4, -0.2) is 11.3 Å². The summed E-state index contributed by atoms with van der Waals surface area (Å²) in [5.41, 5.74) is 0.573. The Balaban J connectivity index is 0.00000155. The lowest BCUT2D eigenvalue weighted by Gasteiger charge is -2.35. The molecule has 0 amide bonds. The largest absolute Gasteiger partial charge is 0.412 e. The molecule has 0 aliphatic heterocycles. The van der Waals surface area contributed by atoms with E-state index in [1.807, 2.05) is 13.8 Å². The minimum atomic E-state index is 0. The molecule has 0 saturated heterocycles. The Kier molecular flexibility index (Phi) is 8.51. The second-order valence-electron chi connectivity index (χ2n) is 8.90. The molecule has 2 aliphatic rings. The Labute approximate surface area is 145 Å². The lowest BCUT2D eigenvalue weighted by Crippen LogP contribution is -2.29. The minimum absolute atomic E-state index is 0. The lowest BCUT2D eigenvalue weighted by molar-refractivity contribution is -0.118. The van der Waals surface area contributed by atoms with Gasteiger partial charge in [0.15, 0.2) is 0 Å². The number of carbonyl (C=O) groups is 1. The molecule has 2 aliphatic carbocycles. The summed E-state index contributed by atoms with van der Waals surface area (Å²) in [5.74, 6) is 5.95. The molecule has 4 unspecified atom stereocenters. The second kappa shape index (κ2) is 8.65. The van der Waals surface area contributed by atoms with Crippen LogP contribution in [0.1, 0.15) is 81.6 Å². The fourth-order valence-corrected chi connectivity index (χ4v) is 5.53. The number of Topliss-reactive ketones (excluding diaryl/α,β-unsaturated/α-hetero) is 1. The first-order chi connectivity index (χ1) is 10.2. The summed E-state index contributed by atoms with van der Waals surface area (Å²) in [5, 5.41) is 0. The summed E-state index contributed by atoms with van der Waals surface area (Å²) in [6, 6.07) is 0. The van der Waals surface area contributed by atoms with Crippen molar-refractivity contribution in [3.63, 3.8) is 0 Å². The zero-order chi connectivity index (χ0) is 17.2. The number of rotatable bonds is 6. The van der Waals surface area contributed by atoms with Gasteiger partial charge in [0.1, 0.15) is 5.78 Å². The average Bonchev–Trinajstić information content (AvgIpc) is 2.77. The third kappa shape index (κ3) is 4.81. The molecule has 0 aromatic carbocycles. The third-order valence-electron chi connectivity index (χ3n) is 6.51. The van der Waals surface area contributed by atoms with Gasteiger partial charge in [-0.05, 0) is 66.6 Å². The molecular weight excluding hydrogens is 284 g/mol. The molecule has 138 valence electrons. The average molecular weight is 327 g/mol. The summed E-state index contributed by atoms with van der Waals surface area (Å²) >= 11 is 0. The first kappa shape index (κ1) is 22.6. The van der Waals surface area contributed by atoms with Crippen molar-refractivity contribution in [3.8, 4) is 0 Å². The van der Waals surface area contributed by atoms with Gasteiger partial charge in [0.05, 0.1) is 0 Å². The Bertz CT molecular complexity index is 372. The van der Waals surface area contributed by atoms with E-state index in [-0.39, 0.29) is 5.48 Å². The maximum atomic E-state index is 11.7. The highest BCUT2D eigenvalue weighted by atomic mass is 16.1. The van der Waals surface area contributed by atoms with Gasteiger partial charge in [-0.1, -0.05) is 55.4 Å². The standard InChI is InChI=1S/C19H34O.C2H6.H2O/c1-11(2)8-15(10-13(4)20)14(5)17-12(3)9-16-18(17)19(16,6)7;1-2;/h11-12,14-18H,8-10H2,1-7H3;1-2H3;1H2/t12?,14?,15-,16?,17+,18?;;/m0../s1. The van der Waals surface area contributed by atoms with E-state index < -0.39 is 0 Å². The molecule has 0 spiro atoms. The SMILES string of the molecule is CC.CC(=O)C[C@H](CC(C)C)C(C)[C@H]1C(C)CC2C1C2(C)C.O. The fraction of sp³-hybridized carbons (Fsp3) is 0.952. The van der Waals surface area contributed by atoms with Gasteiger partial charge in [0.25, 0.3) is 0 Å². The molecule has 2 rings (SSSR count). The van der Waals surface area contributed by atoms with Crippen molar-refractivity contribution >= 4 is 5.78 Å². The molecule has 2 fully saturated rings. The van der Waals surface area contributed by atoms with E-state index in [0.717, 1.165) is 30.1 Å². The van der Waals surface area contributed by atoms with E-state index in [1.165, 1.54) is 12.8 Å². The minimum Gasteiger partial charge on any atom is -0.412 e. The molecule has 6 atom stereocenters. The van der Waals surface area contributed by atoms with Gasteiger partial charge in [0.2, 0.25) is 0 Å². The summed E-state index contributed by atoms with van der Waals surface area (Å²) in [4.78, 5) is 11.7. The molecule has 2 saturated carbocycles. The quantitative estimate of drug-likeness (QED) is 0.645. The maximum absolute atomic E-state index is 11.7. The Hall–Kier alpha value is -0.370. The smallest absolute Gasteiger partial charge is 0.130 e. The van der Waals surface area contributed by atoms with E-state index in [1.54, 1.807) is 6.92 Å². The molecule has 0 aromatic rings. The number of hydrogen-bond donors (Lipinski definition) is 0. The van der Waals surface area contributed by atoms with E-state index in [4.69, 9.17) is 0 Å². The van der Waals surface area contributed by atoms with Gasteiger partial charge in [-0.3, -0.25) is 0 Å². The van der Waals surface area contributed by atoms with E-state index in [9.17, 15) is 4.79 Å². The first-order valence-corrected chi connectivity index (χ1v) is 9.65. The molecule has 2 nitrogen and oxygen atoms in total. The molecule has 0 heterocycles. The summed E-state index contributed by atoms with van der Waals surface area (Å²) in [6.07, 6.45) is 3.42. The van der Waals surface area contributed by atoms with Crippen LogP contribution in [0.25, 0.3) is 0 Å². The van der Waals surface area contributed by atoms with Crippen molar-refractivity contribution in [2.24, 2.45) is 46.8 Å². The van der Waals surface area contributed by atoms with Crippen LogP contribution in [-0.2, 0) is 4.79 Å². The van der Waals surface area contributed by atoms with Crippen molar-refractivity contribution < 1.29 is 10.3 Å². The maximum Gasteiger partial charge on any atom is 0.130 e. The molecule has 0 radical (unpaired) electrons. The number of hydrogen-bond acceptors (Lipinski definition) is 1. The predicted octanol–water partition coefficient (Wildman–Crippen LogP) is 5.39. The Morgan fingerprint density at radius 2 is 1.70 bits per heavy atom. The topological polar surface area (TPSA) is 48.6 Å². The van der Waals surface area contributed by atoms with Crippen LogP contribution in [0.2, 0.25) is 0 Å². The molecule has 23 heavy (non-hydrogen) atoms. The van der Waals surface area contributed by atoms with Crippen LogP contribution in [0.3, 0.4) is 0 Å². The zero-order valence-electron chi connectivity index (χ0n) is 17.1. The van der Waals surface area contributed by atoms with Gasteiger partial charge in [-0.2, -0.15) is 0 Å². The fourth-order valence-electron chi connectivity index (χ4n) is 5.53. The molecule has 2 heteroatoms. The van der Waals surface area contributed by atoms with Gasteiger partial charge in [-0.25, -0.2) is 0 Å². The van der Waals surface area contributed by atoms with E-state index in [0.29, 0.717) is 29.0 Å². The number of carbonyl (C=O) groups excluding carboxylic acids is 1. The van der Waals surface area contributed by atoms with Crippen LogP contribution >= 0.6 is 0 Å². The molecular formula is C21H42O2. The predicted molar refractivity (Wildman–Crippen MR) is 100 cm³/mol.